The standard InChI is InChI=1S/C11H21N/c1-5-9-6-7-12-10(8-9)11(2,3)4/h8,10,12H,5-7H2,1-4H3. The fourth-order valence-corrected chi connectivity index (χ4v) is 1.62. The number of hydrogen-bond donors (Lipinski definition) is 1. The molecular formula is C11H21N. The van der Waals surface area contributed by atoms with Crippen LogP contribution in [0.4, 0.5) is 0 Å². The van der Waals surface area contributed by atoms with Gasteiger partial charge in [0.15, 0.2) is 0 Å². The van der Waals surface area contributed by atoms with Gasteiger partial charge in [0.2, 0.25) is 0 Å². The Morgan fingerprint density at radius 1 is 1.50 bits per heavy atom. The Morgan fingerprint density at radius 3 is 2.67 bits per heavy atom. The molecule has 1 unspecified atom stereocenters. The van der Waals surface area contributed by atoms with Crippen LogP contribution in [-0.2, 0) is 0 Å². The number of hydrogen-bond acceptors (Lipinski definition) is 1. The quantitative estimate of drug-likeness (QED) is 0.592. The van der Waals surface area contributed by atoms with Crippen molar-refractivity contribution in [1.82, 2.24) is 5.32 Å². The van der Waals surface area contributed by atoms with Crippen LogP contribution < -0.4 is 5.32 Å². The molecule has 0 saturated heterocycles. The van der Waals surface area contributed by atoms with Crippen LogP contribution in [0.1, 0.15) is 40.5 Å². The van der Waals surface area contributed by atoms with Gasteiger partial charge in [-0.2, -0.15) is 0 Å². The first kappa shape index (κ1) is 9.79. The minimum atomic E-state index is 0.362. The maximum atomic E-state index is 3.55. The van der Waals surface area contributed by atoms with E-state index >= 15 is 0 Å². The van der Waals surface area contributed by atoms with Crippen molar-refractivity contribution in [2.45, 2.75) is 46.6 Å². The summed E-state index contributed by atoms with van der Waals surface area (Å²) in [6.45, 7) is 10.3. The van der Waals surface area contributed by atoms with Crippen molar-refractivity contribution in [2.75, 3.05) is 6.54 Å². The Labute approximate surface area is 76.2 Å². The molecule has 1 heteroatoms. The molecule has 70 valence electrons. The summed E-state index contributed by atoms with van der Waals surface area (Å²) in [4.78, 5) is 0. The first-order valence-electron chi connectivity index (χ1n) is 4.97. The number of nitrogens with one attached hydrogen (secondary N) is 1. The molecule has 0 radical (unpaired) electrons. The lowest BCUT2D eigenvalue weighted by molar-refractivity contribution is 0.305. The summed E-state index contributed by atoms with van der Waals surface area (Å²) in [5.74, 6) is 0. The third-order valence-corrected chi connectivity index (χ3v) is 2.60. The summed E-state index contributed by atoms with van der Waals surface area (Å²) in [5, 5.41) is 3.55. The summed E-state index contributed by atoms with van der Waals surface area (Å²) in [5.41, 5.74) is 1.98. The summed E-state index contributed by atoms with van der Waals surface area (Å²) in [7, 11) is 0. The Hall–Kier alpha value is -0.300. The van der Waals surface area contributed by atoms with Gasteiger partial charge in [0.1, 0.15) is 0 Å². The fraction of sp³-hybridized carbons (Fsp3) is 0.818. The maximum absolute atomic E-state index is 3.55. The van der Waals surface area contributed by atoms with Gasteiger partial charge >= 0.3 is 0 Å². The molecule has 0 aliphatic carbocycles. The average molecular weight is 167 g/mol. The highest BCUT2D eigenvalue weighted by Crippen LogP contribution is 2.25. The Morgan fingerprint density at radius 2 is 2.17 bits per heavy atom. The zero-order valence-corrected chi connectivity index (χ0v) is 8.78. The van der Waals surface area contributed by atoms with Gasteiger partial charge in [-0.15, -0.1) is 0 Å². The second-order valence-corrected chi connectivity index (χ2v) is 4.73. The van der Waals surface area contributed by atoms with Gasteiger partial charge in [-0.1, -0.05) is 39.3 Å². The predicted octanol–water partition coefficient (Wildman–Crippen LogP) is 2.73. The van der Waals surface area contributed by atoms with Crippen molar-refractivity contribution in [3.8, 4) is 0 Å². The molecule has 0 saturated carbocycles. The molecule has 1 heterocycles. The second kappa shape index (κ2) is 3.61. The van der Waals surface area contributed by atoms with Gasteiger partial charge in [0, 0.05) is 6.04 Å². The molecule has 0 aromatic rings. The molecule has 0 aromatic heterocycles. The largest absolute Gasteiger partial charge is 0.310 e. The normalized spacial score (nSPS) is 25.3. The van der Waals surface area contributed by atoms with Gasteiger partial charge < -0.3 is 5.32 Å². The summed E-state index contributed by atoms with van der Waals surface area (Å²) in [6.07, 6.45) is 4.88. The highest BCUT2D eigenvalue weighted by Gasteiger charge is 2.24. The van der Waals surface area contributed by atoms with Crippen molar-refractivity contribution in [2.24, 2.45) is 5.41 Å². The first-order valence-corrected chi connectivity index (χ1v) is 4.97. The Balaban J connectivity index is 2.67. The Kier molecular flexibility index (Phi) is 2.94. The minimum Gasteiger partial charge on any atom is -0.310 e. The molecule has 1 atom stereocenters. The zero-order chi connectivity index (χ0) is 9.19. The molecule has 1 aliphatic rings. The molecule has 1 aliphatic heterocycles. The zero-order valence-electron chi connectivity index (χ0n) is 8.78. The van der Waals surface area contributed by atoms with Crippen LogP contribution in [0.3, 0.4) is 0 Å². The van der Waals surface area contributed by atoms with Crippen molar-refractivity contribution in [3.05, 3.63) is 11.6 Å². The number of rotatable bonds is 1. The average Bonchev–Trinajstić information content (AvgIpc) is 2.03. The van der Waals surface area contributed by atoms with E-state index < -0.39 is 0 Å². The van der Waals surface area contributed by atoms with E-state index in [2.05, 4.69) is 39.1 Å². The van der Waals surface area contributed by atoms with E-state index in [1.54, 1.807) is 5.57 Å². The highest BCUT2D eigenvalue weighted by atomic mass is 14.9. The monoisotopic (exact) mass is 167 g/mol. The van der Waals surface area contributed by atoms with Crippen LogP contribution in [0.5, 0.6) is 0 Å². The van der Waals surface area contributed by atoms with E-state index in [0.717, 1.165) is 6.54 Å². The summed E-state index contributed by atoms with van der Waals surface area (Å²) in [6, 6.07) is 0.571. The van der Waals surface area contributed by atoms with Crippen LogP contribution in [0, 0.1) is 5.41 Å². The molecule has 0 aromatic carbocycles. The molecule has 1 rings (SSSR count). The predicted molar refractivity (Wildman–Crippen MR) is 54.2 cm³/mol. The van der Waals surface area contributed by atoms with E-state index in [1.165, 1.54) is 12.8 Å². The van der Waals surface area contributed by atoms with Crippen molar-refractivity contribution < 1.29 is 0 Å². The van der Waals surface area contributed by atoms with E-state index in [-0.39, 0.29) is 0 Å². The highest BCUT2D eigenvalue weighted by molar-refractivity contribution is 5.13. The van der Waals surface area contributed by atoms with Gasteiger partial charge in [-0.3, -0.25) is 0 Å². The van der Waals surface area contributed by atoms with Crippen molar-refractivity contribution in [1.29, 1.82) is 0 Å². The topological polar surface area (TPSA) is 12.0 Å². The molecule has 0 spiro atoms. The maximum Gasteiger partial charge on any atom is 0.0301 e. The lowest BCUT2D eigenvalue weighted by Crippen LogP contribution is -2.41. The lowest BCUT2D eigenvalue weighted by atomic mass is 9.83. The lowest BCUT2D eigenvalue weighted by Gasteiger charge is -2.33. The van der Waals surface area contributed by atoms with E-state index in [9.17, 15) is 0 Å². The smallest absolute Gasteiger partial charge is 0.0301 e. The van der Waals surface area contributed by atoms with Gasteiger partial charge in [0.05, 0.1) is 0 Å². The van der Waals surface area contributed by atoms with Crippen LogP contribution >= 0.6 is 0 Å². The van der Waals surface area contributed by atoms with Crippen LogP contribution in [0.2, 0.25) is 0 Å². The van der Waals surface area contributed by atoms with Crippen LogP contribution in [0.25, 0.3) is 0 Å². The van der Waals surface area contributed by atoms with Crippen LogP contribution in [0.15, 0.2) is 11.6 Å². The molecule has 0 bridgehead atoms. The molecule has 0 fully saturated rings. The molecule has 12 heavy (non-hydrogen) atoms. The second-order valence-electron chi connectivity index (χ2n) is 4.73. The third-order valence-electron chi connectivity index (χ3n) is 2.60. The molecule has 0 amide bonds. The summed E-state index contributed by atoms with van der Waals surface area (Å²) < 4.78 is 0. The molecular weight excluding hydrogens is 146 g/mol. The van der Waals surface area contributed by atoms with Gasteiger partial charge in [-0.25, -0.2) is 0 Å². The Bertz CT molecular complexity index is 174. The van der Waals surface area contributed by atoms with E-state index in [1.807, 2.05) is 0 Å². The van der Waals surface area contributed by atoms with E-state index in [4.69, 9.17) is 0 Å². The summed E-state index contributed by atoms with van der Waals surface area (Å²) >= 11 is 0. The van der Waals surface area contributed by atoms with Crippen molar-refractivity contribution in [3.63, 3.8) is 0 Å². The molecule has 1 nitrogen and oxygen atoms in total. The third kappa shape index (κ3) is 2.34. The van der Waals surface area contributed by atoms with Gasteiger partial charge in [0.25, 0.3) is 0 Å². The van der Waals surface area contributed by atoms with E-state index in [0.29, 0.717) is 11.5 Å². The fourth-order valence-electron chi connectivity index (χ4n) is 1.62. The first-order chi connectivity index (χ1) is 5.54. The molecule has 1 N–H and O–H groups in total. The SMILES string of the molecule is CCC1=CC(C(C)(C)C)NCC1. The van der Waals surface area contributed by atoms with Crippen LogP contribution in [-0.4, -0.2) is 12.6 Å². The minimum absolute atomic E-state index is 0.362. The van der Waals surface area contributed by atoms with Gasteiger partial charge in [-0.05, 0) is 24.8 Å². The van der Waals surface area contributed by atoms with Crippen molar-refractivity contribution >= 4 is 0 Å².